The Balaban J connectivity index is 1.65. The van der Waals surface area contributed by atoms with Crippen molar-refractivity contribution in [3.8, 4) is 0 Å². The molecule has 3 heteroatoms. The van der Waals surface area contributed by atoms with E-state index in [1.54, 1.807) is 5.57 Å². The third-order valence-corrected chi connectivity index (χ3v) is 11.7. The lowest BCUT2D eigenvalue weighted by atomic mass is 9.41. The standard InChI is InChI=1S/C30H48O3/c1-18(2)22(31)11-9-19(3)26-23(32)17-30(8)21-10-12-24-27(4,5)25(33)14-15-28(24,6)20(21)13-16-29(26,30)7/h10,19-20,22-24,26,31-32H,1,9,11-17H2,2-8H3/t19-,20+,22+,23+,24+,26-,28-,29+,30-/m1/s1. The van der Waals surface area contributed by atoms with Crippen LogP contribution < -0.4 is 0 Å². The van der Waals surface area contributed by atoms with Crippen molar-refractivity contribution >= 4 is 5.78 Å². The summed E-state index contributed by atoms with van der Waals surface area (Å²) in [5.41, 5.74) is 2.41. The van der Waals surface area contributed by atoms with Crippen LogP contribution in [-0.4, -0.2) is 28.2 Å². The largest absolute Gasteiger partial charge is 0.393 e. The predicted molar refractivity (Wildman–Crippen MR) is 135 cm³/mol. The Morgan fingerprint density at radius 3 is 2.48 bits per heavy atom. The number of carbonyl (C=O) groups is 1. The van der Waals surface area contributed by atoms with Gasteiger partial charge in [-0.25, -0.2) is 0 Å². The van der Waals surface area contributed by atoms with E-state index in [9.17, 15) is 15.0 Å². The molecule has 0 aliphatic heterocycles. The molecule has 0 spiro atoms. The quantitative estimate of drug-likeness (QED) is 0.465. The van der Waals surface area contributed by atoms with Gasteiger partial charge in [-0.15, -0.1) is 0 Å². The second-order valence-corrected chi connectivity index (χ2v) is 13.7. The van der Waals surface area contributed by atoms with Crippen LogP contribution in [0.15, 0.2) is 23.8 Å². The minimum Gasteiger partial charge on any atom is -0.393 e. The Labute approximate surface area is 202 Å². The molecule has 3 fully saturated rings. The van der Waals surface area contributed by atoms with E-state index in [0.717, 1.165) is 44.1 Å². The highest BCUT2D eigenvalue weighted by Gasteiger charge is 2.67. The molecule has 2 N–H and O–H groups in total. The van der Waals surface area contributed by atoms with Gasteiger partial charge in [-0.2, -0.15) is 0 Å². The fraction of sp³-hybridized carbons (Fsp3) is 0.833. The molecular weight excluding hydrogens is 408 g/mol. The third-order valence-electron chi connectivity index (χ3n) is 11.7. The highest BCUT2D eigenvalue weighted by Crippen LogP contribution is 2.73. The van der Waals surface area contributed by atoms with E-state index in [0.29, 0.717) is 30.0 Å². The topological polar surface area (TPSA) is 57.5 Å². The van der Waals surface area contributed by atoms with Crippen LogP contribution in [0.1, 0.15) is 99.8 Å². The number of Topliss-reactive ketones (excluding diaryl/α,β-unsaturated/α-hetero) is 1. The Bertz CT molecular complexity index is 855. The van der Waals surface area contributed by atoms with Crippen molar-refractivity contribution in [2.24, 2.45) is 45.3 Å². The second kappa shape index (κ2) is 8.05. The summed E-state index contributed by atoms with van der Waals surface area (Å²) in [5, 5.41) is 21.7. The molecule has 3 nitrogen and oxygen atoms in total. The van der Waals surface area contributed by atoms with E-state index in [1.165, 1.54) is 6.42 Å². The van der Waals surface area contributed by atoms with Gasteiger partial charge < -0.3 is 10.2 Å². The summed E-state index contributed by atoms with van der Waals surface area (Å²) in [6, 6.07) is 0. The number of hydrogen-bond donors (Lipinski definition) is 2. The minimum atomic E-state index is -0.448. The summed E-state index contributed by atoms with van der Waals surface area (Å²) in [6.07, 6.45) is 9.27. The predicted octanol–water partition coefficient (Wildman–Crippen LogP) is 6.48. The lowest BCUT2D eigenvalue weighted by molar-refractivity contribution is -0.146. The number of carbonyl (C=O) groups excluding carboxylic acids is 1. The van der Waals surface area contributed by atoms with E-state index in [4.69, 9.17) is 0 Å². The second-order valence-electron chi connectivity index (χ2n) is 13.7. The summed E-state index contributed by atoms with van der Waals surface area (Å²) < 4.78 is 0. The van der Waals surface area contributed by atoms with E-state index in [-0.39, 0.29) is 33.7 Å². The molecule has 0 aromatic heterocycles. The SMILES string of the molecule is C=C(C)[C@@H](O)CC[C@@H](C)[C@@H]1[C@@H](O)C[C@]2(C)C3=CC[C@H]4C(C)(C)C(=O)CC[C@]4(C)[C@H]3CC[C@@]12C. The maximum Gasteiger partial charge on any atom is 0.138 e. The fourth-order valence-electron chi connectivity index (χ4n) is 9.48. The zero-order chi connectivity index (χ0) is 24.6. The van der Waals surface area contributed by atoms with E-state index >= 15 is 0 Å². The van der Waals surface area contributed by atoms with Gasteiger partial charge in [-0.1, -0.05) is 65.3 Å². The summed E-state index contributed by atoms with van der Waals surface area (Å²) in [7, 11) is 0. The number of rotatable bonds is 5. The summed E-state index contributed by atoms with van der Waals surface area (Å²) >= 11 is 0. The average Bonchev–Trinajstić information content (AvgIpc) is 2.94. The Kier molecular flexibility index (Phi) is 6.14. The van der Waals surface area contributed by atoms with Crippen LogP contribution in [0.2, 0.25) is 0 Å². The van der Waals surface area contributed by atoms with Crippen LogP contribution >= 0.6 is 0 Å². The summed E-state index contributed by atoms with van der Waals surface area (Å²) in [4.78, 5) is 12.8. The lowest BCUT2D eigenvalue weighted by Crippen LogP contribution is -2.57. The molecule has 0 saturated heterocycles. The van der Waals surface area contributed by atoms with Crippen molar-refractivity contribution in [3.05, 3.63) is 23.8 Å². The van der Waals surface area contributed by atoms with Crippen molar-refractivity contribution in [1.82, 2.24) is 0 Å². The first-order valence-corrected chi connectivity index (χ1v) is 13.5. The Morgan fingerprint density at radius 1 is 1.18 bits per heavy atom. The molecule has 0 aromatic carbocycles. The maximum absolute atomic E-state index is 12.8. The Hall–Kier alpha value is -0.930. The monoisotopic (exact) mass is 456 g/mol. The van der Waals surface area contributed by atoms with Gasteiger partial charge in [0.25, 0.3) is 0 Å². The number of aliphatic hydroxyl groups is 2. The number of aliphatic hydroxyl groups excluding tert-OH is 2. The molecule has 0 amide bonds. The van der Waals surface area contributed by atoms with Crippen molar-refractivity contribution in [1.29, 1.82) is 0 Å². The van der Waals surface area contributed by atoms with Crippen LogP contribution in [0.25, 0.3) is 0 Å². The van der Waals surface area contributed by atoms with Gasteiger partial charge in [0.2, 0.25) is 0 Å². The lowest BCUT2D eigenvalue weighted by Gasteiger charge is -2.63. The maximum atomic E-state index is 12.8. The Morgan fingerprint density at radius 2 is 1.85 bits per heavy atom. The smallest absolute Gasteiger partial charge is 0.138 e. The summed E-state index contributed by atoms with van der Waals surface area (Å²) in [6.45, 7) is 19.8. The van der Waals surface area contributed by atoms with Crippen LogP contribution in [0.3, 0.4) is 0 Å². The van der Waals surface area contributed by atoms with Crippen LogP contribution in [0.5, 0.6) is 0 Å². The normalized spacial score (nSPS) is 46.0. The molecule has 3 saturated carbocycles. The van der Waals surface area contributed by atoms with Crippen molar-refractivity contribution in [2.75, 3.05) is 0 Å². The highest BCUT2D eigenvalue weighted by atomic mass is 16.3. The van der Waals surface area contributed by atoms with Gasteiger partial charge in [0.1, 0.15) is 5.78 Å². The fourth-order valence-corrected chi connectivity index (χ4v) is 9.48. The van der Waals surface area contributed by atoms with Crippen molar-refractivity contribution in [2.45, 2.75) is 112 Å². The highest BCUT2D eigenvalue weighted by molar-refractivity contribution is 5.85. The number of fused-ring (bicyclic) bond motifs is 5. The molecular formula is C30H48O3. The van der Waals surface area contributed by atoms with Gasteiger partial charge >= 0.3 is 0 Å². The van der Waals surface area contributed by atoms with E-state index < -0.39 is 6.10 Å². The number of ketones is 1. The van der Waals surface area contributed by atoms with Gasteiger partial charge in [0, 0.05) is 11.8 Å². The van der Waals surface area contributed by atoms with Gasteiger partial charge in [-0.05, 0) is 91.8 Å². The molecule has 186 valence electrons. The van der Waals surface area contributed by atoms with Gasteiger partial charge in [-0.3, -0.25) is 4.79 Å². The average molecular weight is 457 g/mol. The molecule has 0 radical (unpaired) electrons. The molecule has 0 aromatic rings. The molecule has 0 bridgehead atoms. The van der Waals surface area contributed by atoms with E-state index in [2.05, 4.69) is 54.2 Å². The number of hydrogen-bond acceptors (Lipinski definition) is 3. The third kappa shape index (κ3) is 3.46. The molecule has 0 unspecified atom stereocenters. The van der Waals surface area contributed by atoms with Crippen molar-refractivity contribution in [3.63, 3.8) is 0 Å². The first-order chi connectivity index (χ1) is 15.2. The summed E-state index contributed by atoms with van der Waals surface area (Å²) in [5.74, 6) is 1.98. The minimum absolute atomic E-state index is 0.000802. The van der Waals surface area contributed by atoms with Crippen LogP contribution in [0, 0.1) is 45.3 Å². The van der Waals surface area contributed by atoms with Crippen molar-refractivity contribution < 1.29 is 15.0 Å². The molecule has 4 aliphatic rings. The molecule has 33 heavy (non-hydrogen) atoms. The zero-order valence-corrected chi connectivity index (χ0v) is 22.2. The van der Waals surface area contributed by atoms with Crippen LogP contribution in [-0.2, 0) is 4.79 Å². The van der Waals surface area contributed by atoms with Gasteiger partial charge in [0.15, 0.2) is 0 Å². The first-order valence-electron chi connectivity index (χ1n) is 13.5. The molecule has 9 atom stereocenters. The van der Waals surface area contributed by atoms with Crippen LogP contribution in [0.4, 0.5) is 0 Å². The molecule has 4 aliphatic carbocycles. The van der Waals surface area contributed by atoms with Gasteiger partial charge in [0.05, 0.1) is 12.2 Å². The molecule has 4 rings (SSSR count). The van der Waals surface area contributed by atoms with E-state index in [1.807, 2.05) is 6.92 Å². The molecule has 0 heterocycles. The zero-order valence-electron chi connectivity index (χ0n) is 22.2. The number of allylic oxidation sites excluding steroid dienone is 2. The first kappa shape index (κ1) is 25.2.